The molecule has 0 aliphatic carbocycles. The van der Waals surface area contributed by atoms with Crippen molar-refractivity contribution < 1.29 is 72.6 Å². The van der Waals surface area contributed by atoms with E-state index in [9.17, 15) is 9.59 Å². The first-order chi connectivity index (χ1) is 13.5. The number of rotatable bonds is 17. The second-order valence-electron chi connectivity index (χ2n) is 6.95. The standard InChI is InChI=1S/C18H34O2.C6H8O2.K.H/c1-2-3-4-5-6-7-8-9-10-11-12-13-14-15-16-17-18(19)20;1-2-3-4-5-6(7)8;;/h9-10H,2-8,11-17H2,1H3,(H,19,20);2-5H,1H3,(H,7,8);;/q;;+1;-1/b10-9-;3-2+,5-4+;;. The van der Waals surface area contributed by atoms with Crippen molar-refractivity contribution in [1.82, 2.24) is 0 Å². The van der Waals surface area contributed by atoms with Gasteiger partial charge < -0.3 is 11.6 Å². The fraction of sp³-hybridized carbons (Fsp3) is 0.667. The molecule has 0 unspecified atom stereocenters. The number of carboxylic acid groups (broad SMARTS) is 2. The summed E-state index contributed by atoms with van der Waals surface area (Å²) in [6.07, 6.45) is 27.2. The summed E-state index contributed by atoms with van der Waals surface area (Å²) in [6, 6.07) is 0. The summed E-state index contributed by atoms with van der Waals surface area (Å²) in [7, 11) is 0. The van der Waals surface area contributed by atoms with Gasteiger partial charge in [-0.2, -0.15) is 0 Å². The van der Waals surface area contributed by atoms with Crippen LogP contribution in [-0.2, 0) is 9.59 Å². The first-order valence-corrected chi connectivity index (χ1v) is 10.9. The van der Waals surface area contributed by atoms with E-state index < -0.39 is 11.9 Å². The summed E-state index contributed by atoms with van der Waals surface area (Å²) in [5.41, 5.74) is 0. The first kappa shape index (κ1) is 33.4. The van der Waals surface area contributed by atoms with Crippen LogP contribution in [0.1, 0.15) is 105 Å². The number of hydrogen-bond acceptors (Lipinski definition) is 2. The zero-order valence-electron chi connectivity index (χ0n) is 20.1. The Labute approximate surface area is 222 Å². The van der Waals surface area contributed by atoms with Crippen molar-refractivity contribution in [2.45, 2.75) is 104 Å². The van der Waals surface area contributed by atoms with Gasteiger partial charge >= 0.3 is 63.3 Å². The molecule has 2 N–H and O–H groups in total. The predicted octanol–water partition coefficient (Wildman–Crippen LogP) is 4.43. The monoisotopic (exact) mass is 434 g/mol. The van der Waals surface area contributed by atoms with E-state index in [-0.39, 0.29) is 52.8 Å². The molecule has 0 heterocycles. The molecule has 4 nitrogen and oxygen atoms in total. The molecular weight excluding hydrogens is 391 g/mol. The molecule has 0 saturated heterocycles. The van der Waals surface area contributed by atoms with Crippen molar-refractivity contribution in [1.29, 1.82) is 0 Å². The van der Waals surface area contributed by atoms with E-state index in [1.54, 1.807) is 12.2 Å². The van der Waals surface area contributed by atoms with Crippen LogP contribution in [0, 0.1) is 0 Å². The van der Waals surface area contributed by atoms with Crippen molar-refractivity contribution in [3.8, 4) is 0 Å². The van der Waals surface area contributed by atoms with Gasteiger partial charge in [0.15, 0.2) is 0 Å². The van der Waals surface area contributed by atoms with Crippen molar-refractivity contribution in [3.63, 3.8) is 0 Å². The van der Waals surface area contributed by atoms with Crippen LogP contribution in [0.25, 0.3) is 0 Å². The molecule has 0 bridgehead atoms. The normalized spacial score (nSPS) is 10.8. The Morgan fingerprint density at radius 1 is 0.759 bits per heavy atom. The number of aliphatic carboxylic acids is 2. The van der Waals surface area contributed by atoms with E-state index in [0.717, 1.165) is 18.9 Å². The maximum absolute atomic E-state index is 10.3. The minimum Gasteiger partial charge on any atom is -1.00 e. The van der Waals surface area contributed by atoms with Crippen LogP contribution in [0.5, 0.6) is 0 Å². The average molecular weight is 435 g/mol. The Kier molecular flexibility index (Phi) is 34.6. The van der Waals surface area contributed by atoms with E-state index in [2.05, 4.69) is 19.1 Å². The quantitative estimate of drug-likeness (QED) is 0.117. The predicted molar refractivity (Wildman–Crippen MR) is 120 cm³/mol. The molecule has 0 rings (SSSR count). The molecule has 5 heteroatoms. The third kappa shape index (κ3) is 38.9. The minimum absolute atomic E-state index is 0. The molecule has 29 heavy (non-hydrogen) atoms. The molecular formula is C24H43KO4. The molecule has 0 aromatic rings. The zero-order chi connectivity index (χ0) is 21.3. The molecule has 0 aliphatic rings. The smallest absolute Gasteiger partial charge is 1.00 e. The van der Waals surface area contributed by atoms with Crippen molar-refractivity contribution in [2.24, 2.45) is 0 Å². The van der Waals surface area contributed by atoms with E-state index in [0.29, 0.717) is 6.42 Å². The molecule has 0 saturated carbocycles. The van der Waals surface area contributed by atoms with Crippen LogP contribution < -0.4 is 51.4 Å². The van der Waals surface area contributed by atoms with Gasteiger partial charge in [0.1, 0.15) is 0 Å². The Morgan fingerprint density at radius 2 is 1.24 bits per heavy atom. The van der Waals surface area contributed by atoms with E-state index in [1.807, 2.05) is 6.92 Å². The maximum Gasteiger partial charge on any atom is 1.00 e. The Hall–Kier alpha value is -0.204. The van der Waals surface area contributed by atoms with Gasteiger partial charge in [-0.05, 0) is 39.0 Å². The Morgan fingerprint density at radius 3 is 1.69 bits per heavy atom. The van der Waals surface area contributed by atoms with Crippen molar-refractivity contribution >= 4 is 11.9 Å². The fourth-order valence-corrected chi connectivity index (χ4v) is 2.60. The minimum atomic E-state index is -0.914. The third-order valence-electron chi connectivity index (χ3n) is 4.19. The molecule has 0 fully saturated rings. The van der Waals surface area contributed by atoms with Crippen molar-refractivity contribution in [2.75, 3.05) is 0 Å². The van der Waals surface area contributed by atoms with Gasteiger partial charge in [-0.3, -0.25) is 4.79 Å². The molecule has 0 atom stereocenters. The summed E-state index contributed by atoms with van der Waals surface area (Å²) < 4.78 is 0. The number of allylic oxidation sites excluding steroid dienone is 5. The molecule has 0 aliphatic heterocycles. The second kappa shape index (κ2) is 30.0. The summed E-state index contributed by atoms with van der Waals surface area (Å²) >= 11 is 0. The maximum atomic E-state index is 10.3. The van der Waals surface area contributed by atoms with E-state index in [4.69, 9.17) is 10.2 Å². The number of unbranched alkanes of at least 4 members (excludes halogenated alkanes) is 11. The summed E-state index contributed by atoms with van der Waals surface area (Å²) in [4.78, 5) is 20.1. The van der Waals surface area contributed by atoms with E-state index in [1.165, 1.54) is 76.7 Å². The van der Waals surface area contributed by atoms with Crippen molar-refractivity contribution in [3.05, 3.63) is 36.5 Å². The van der Waals surface area contributed by atoms with Gasteiger partial charge in [-0.15, -0.1) is 0 Å². The summed E-state index contributed by atoms with van der Waals surface area (Å²) in [5, 5.41) is 16.5. The first-order valence-electron chi connectivity index (χ1n) is 10.9. The number of carboxylic acids is 2. The van der Waals surface area contributed by atoms with Crippen LogP contribution in [0.3, 0.4) is 0 Å². The van der Waals surface area contributed by atoms with Crippen LogP contribution in [0.4, 0.5) is 0 Å². The molecule has 0 aromatic heterocycles. The van der Waals surface area contributed by atoms with Gasteiger partial charge in [-0.25, -0.2) is 4.79 Å². The summed E-state index contributed by atoms with van der Waals surface area (Å²) in [5.74, 6) is -1.58. The second-order valence-corrected chi connectivity index (χ2v) is 6.95. The van der Waals surface area contributed by atoms with Gasteiger partial charge in [-0.1, -0.05) is 88.7 Å². The van der Waals surface area contributed by atoms with Gasteiger partial charge in [0.2, 0.25) is 0 Å². The molecule has 0 spiro atoms. The van der Waals surface area contributed by atoms with E-state index >= 15 is 0 Å². The zero-order valence-corrected chi connectivity index (χ0v) is 22.2. The van der Waals surface area contributed by atoms with Gasteiger partial charge in [0, 0.05) is 12.5 Å². The third-order valence-corrected chi connectivity index (χ3v) is 4.19. The van der Waals surface area contributed by atoms with Crippen LogP contribution in [-0.4, -0.2) is 22.2 Å². The Bertz CT molecular complexity index is 448. The van der Waals surface area contributed by atoms with Crippen LogP contribution in [0.15, 0.2) is 36.5 Å². The topological polar surface area (TPSA) is 74.6 Å². The van der Waals surface area contributed by atoms with Crippen LogP contribution in [0.2, 0.25) is 0 Å². The average Bonchev–Trinajstić information content (AvgIpc) is 2.65. The fourth-order valence-electron chi connectivity index (χ4n) is 2.60. The Balaban J connectivity index is -0.000000288. The number of hydrogen-bond donors (Lipinski definition) is 2. The number of carbonyl (C=O) groups is 2. The summed E-state index contributed by atoms with van der Waals surface area (Å²) in [6.45, 7) is 4.08. The molecule has 0 radical (unpaired) electrons. The van der Waals surface area contributed by atoms with Crippen LogP contribution >= 0.6 is 0 Å². The molecule has 164 valence electrons. The largest absolute Gasteiger partial charge is 1.00 e. The SMILES string of the molecule is C/C=C/C=C/C(=O)O.CCCCCCCC/C=C\CCCCCCCC(=O)O.[H-].[K+]. The molecule has 0 amide bonds. The molecule has 0 aromatic carbocycles. The van der Waals surface area contributed by atoms with Gasteiger partial charge in [0.25, 0.3) is 0 Å². The van der Waals surface area contributed by atoms with Gasteiger partial charge in [0.05, 0.1) is 0 Å².